The molecule has 1 aliphatic rings. The Morgan fingerprint density at radius 1 is 1.17 bits per heavy atom. The Bertz CT molecular complexity index is 1410. The molecule has 4 N–H and O–H groups in total. The first-order valence-electron chi connectivity index (χ1n) is 13.1. The fraction of sp³-hybridized carbons (Fsp3) is 0.370. The van der Waals surface area contributed by atoms with E-state index in [2.05, 4.69) is 41.5 Å². The lowest BCUT2D eigenvalue weighted by Crippen LogP contribution is -2.47. The molecule has 0 aliphatic carbocycles. The molecule has 4 rings (SSSR count). The average Bonchev–Trinajstić information content (AvgIpc) is 3.46. The van der Waals surface area contributed by atoms with Gasteiger partial charge in [-0.15, -0.1) is 5.10 Å². The van der Waals surface area contributed by atoms with Crippen molar-refractivity contribution in [2.45, 2.75) is 45.1 Å². The number of nitrogens with one attached hydrogen (secondary N) is 4. The van der Waals surface area contributed by atoms with Crippen molar-refractivity contribution in [2.24, 2.45) is 5.92 Å². The first kappa shape index (κ1) is 29.5. The van der Waals surface area contributed by atoms with E-state index in [1.54, 1.807) is 18.2 Å². The van der Waals surface area contributed by atoms with Crippen LogP contribution in [0.25, 0.3) is 5.69 Å². The molecule has 14 heteroatoms. The number of hydrogen-bond donors (Lipinski definition) is 4. The highest BCUT2D eigenvalue weighted by molar-refractivity contribution is 6.30. The van der Waals surface area contributed by atoms with E-state index in [4.69, 9.17) is 11.6 Å². The third-order valence-corrected chi connectivity index (χ3v) is 6.88. The van der Waals surface area contributed by atoms with Crippen LogP contribution >= 0.6 is 11.6 Å². The molecule has 0 radical (unpaired) electrons. The Morgan fingerprint density at radius 3 is 2.76 bits per heavy atom. The van der Waals surface area contributed by atoms with E-state index in [0.29, 0.717) is 36.4 Å². The van der Waals surface area contributed by atoms with Crippen molar-refractivity contribution in [2.75, 3.05) is 24.3 Å². The van der Waals surface area contributed by atoms with Crippen molar-refractivity contribution >= 4 is 46.8 Å². The molecule has 0 saturated heterocycles. The molecule has 41 heavy (non-hydrogen) atoms. The molecule has 2 heterocycles. The number of nitrogens with zero attached hydrogens (tertiary/aromatic N) is 4. The number of fused-ring (bicyclic) bond motifs is 1. The predicted molar refractivity (Wildman–Crippen MR) is 151 cm³/mol. The van der Waals surface area contributed by atoms with Crippen LogP contribution in [-0.4, -0.2) is 63.7 Å². The minimum Gasteiger partial charge on any atom is -0.453 e. The SMILES string of the molecule is COC(=O)Nc1ccc2c(c1)NC(=O)CC(C)CCCC(C(=O)NCCc1cc(Cl)ccc1-n1cnnn1)NC2=O. The molecule has 1 aliphatic heterocycles. The van der Waals surface area contributed by atoms with Gasteiger partial charge < -0.3 is 20.7 Å². The van der Waals surface area contributed by atoms with Crippen LogP contribution in [-0.2, 0) is 20.7 Å². The van der Waals surface area contributed by atoms with E-state index in [0.717, 1.165) is 11.3 Å². The number of tetrazole rings is 1. The van der Waals surface area contributed by atoms with Crippen LogP contribution in [0.2, 0.25) is 5.02 Å². The highest BCUT2D eigenvalue weighted by Crippen LogP contribution is 2.24. The van der Waals surface area contributed by atoms with Crippen LogP contribution in [0.1, 0.15) is 48.5 Å². The smallest absolute Gasteiger partial charge is 0.411 e. The number of ether oxygens (including phenoxy) is 1. The van der Waals surface area contributed by atoms with Crippen molar-refractivity contribution in [3.8, 4) is 5.69 Å². The molecule has 2 aromatic carbocycles. The minimum absolute atomic E-state index is 0.0567. The monoisotopic (exact) mass is 582 g/mol. The number of anilines is 2. The zero-order chi connectivity index (χ0) is 29.4. The van der Waals surface area contributed by atoms with E-state index in [-0.39, 0.29) is 41.9 Å². The molecule has 2 unspecified atom stereocenters. The van der Waals surface area contributed by atoms with Crippen molar-refractivity contribution in [3.63, 3.8) is 0 Å². The topological polar surface area (TPSA) is 169 Å². The Morgan fingerprint density at radius 2 is 2.00 bits per heavy atom. The highest BCUT2D eigenvalue weighted by atomic mass is 35.5. The van der Waals surface area contributed by atoms with Gasteiger partial charge in [0.25, 0.3) is 5.91 Å². The lowest BCUT2D eigenvalue weighted by molar-refractivity contribution is -0.123. The van der Waals surface area contributed by atoms with Crippen LogP contribution in [0.5, 0.6) is 0 Å². The fourth-order valence-corrected chi connectivity index (χ4v) is 4.78. The van der Waals surface area contributed by atoms with Crippen molar-refractivity contribution in [1.82, 2.24) is 30.8 Å². The van der Waals surface area contributed by atoms with Gasteiger partial charge in [0.1, 0.15) is 12.4 Å². The summed E-state index contributed by atoms with van der Waals surface area (Å²) in [7, 11) is 1.23. The van der Waals surface area contributed by atoms with Gasteiger partial charge in [-0.25, -0.2) is 9.48 Å². The van der Waals surface area contributed by atoms with Gasteiger partial charge in [0.2, 0.25) is 11.8 Å². The van der Waals surface area contributed by atoms with Crippen LogP contribution in [0.3, 0.4) is 0 Å². The lowest BCUT2D eigenvalue weighted by Gasteiger charge is -2.22. The first-order chi connectivity index (χ1) is 19.7. The van der Waals surface area contributed by atoms with Crippen LogP contribution in [0.4, 0.5) is 16.2 Å². The predicted octanol–water partition coefficient (Wildman–Crippen LogP) is 3.10. The van der Waals surface area contributed by atoms with E-state index in [9.17, 15) is 19.2 Å². The van der Waals surface area contributed by atoms with Crippen molar-refractivity contribution in [3.05, 3.63) is 58.9 Å². The second-order valence-electron chi connectivity index (χ2n) is 9.76. The van der Waals surface area contributed by atoms with E-state index < -0.39 is 18.0 Å². The van der Waals surface area contributed by atoms with Gasteiger partial charge in [0.05, 0.1) is 24.0 Å². The number of halogens is 1. The van der Waals surface area contributed by atoms with E-state index >= 15 is 0 Å². The number of amides is 4. The second-order valence-corrected chi connectivity index (χ2v) is 10.2. The van der Waals surface area contributed by atoms with Crippen LogP contribution < -0.4 is 21.3 Å². The molecule has 0 fully saturated rings. The van der Waals surface area contributed by atoms with Gasteiger partial charge in [0, 0.05) is 23.7 Å². The zero-order valence-corrected chi connectivity index (χ0v) is 23.4. The summed E-state index contributed by atoms with van der Waals surface area (Å²) in [5, 5.41) is 22.8. The van der Waals surface area contributed by atoms with E-state index in [1.165, 1.54) is 36.3 Å². The second kappa shape index (κ2) is 13.7. The van der Waals surface area contributed by atoms with Gasteiger partial charge in [-0.3, -0.25) is 19.7 Å². The molecule has 216 valence electrons. The lowest BCUT2D eigenvalue weighted by atomic mass is 9.97. The van der Waals surface area contributed by atoms with Gasteiger partial charge in [-0.2, -0.15) is 0 Å². The summed E-state index contributed by atoms with van der Waals surface area (Å²) in [4.78, 5) is 50.9. The standard InChI is InChI=1S/C27H31ClN8O5/c1-16-4-3-5-21(26(39)29-11-10-17-13-18(28)6-9-23(17)36-15-30-34-35-36)33-25(38)20-8-7-19(31-27(40)41-2)14-22(20)32-24(37)12-16/h6-9,13-16,21H,3-5,10-12H2,1-2H3,(H,29,39)(H,31,40)(H,32,37)(H,33,38). The maximum atomic E-state index is 13.3. The Balaban J connectivity index is 1.49. The molecule has 0 spiro atoms. The Labute approximate surface area is 241 Å². The number of carbonyl (C=O) groups is 4. The molecule has 3 aromatic rings. The first-order valence-corrected chi connectivity index (χ1v) is 13.5. The van der Waals surface area contributed by atoms with Crippen LogP contribution in [0, 0.1) is 5.92 Å². The number of benzene rings is 2. The van der Waals surface area contributed by atoms with Gasteiger partial charge in [0.15, 0.2) is 0 Å². The molecule has 4 amide bonds. The Hall–Kier alpha value is -4.52. The van der Waals surface area contributed by atoms with Gasteiger partial charge >= 0.3 is 6.09 Å². The van der Waals surface area contributed by atoms with Gasteiger partial charge in [-0.05, 0) is 71.1 Å². The molecule has 1 aromatic heterocycles. The molecular formula is C27H31ClN8O5. The summed E-state index contributed by atoms with van der Waals surface area (Å²) in [5.41, 5.74) is 2.28. The number of aromatic nitrogens is 4. The summed E-state index contributed by atoms with van der Waals surface area (Å²) in [5.74, 6) is -1.06. The maximum Gasteiger partial charge on any atom is 0.411 e. The van der Waals surface area contributed by atoms with Crippen molar-refractivity contribution < 1.29 is 23.9 Å². The third kappa shape index (κ3) is 8.01. The summed E-state index contributed by atoms with van der Waals surface area (Å²) in [6.45, 7) is 2.24. The average molecular weight is 583 g/mol. The quantitative estimate of drug-likeness (QED) is 0.343. The van der Waals surface area contributed by atoms with Crippen molar-refractivity contribution in [1.29, 1.82) is 0 Å². The number of hydrogen-bond acceptors (Lipinski definition) is 8. The molecule has 0 saturated carbocycles. The largest absolute Gasteiger partial charge is 0.453 e. The summed E-state index contributed by atoms with van der Waals surface area (Å²) in [6.07, 6.45) is 3.21. The molecule has 2 atom stereocenters. The number of rotatable bonds is 6. The number of methoxy groups -OCH3 is 1. The normalized spacial score (nSPS) is 17.6. The molecule has 0 bridgehead atoms. The molecular weight excluding hydrogens is 552 g/mol. The summed E-state index contributed by atoms with van der Waals surface area (Å²) < 4.78 is 6.14. The summed E-state index contributed by atoms with van der Waals surface area (Å²) >= 11 is 6.20. The summed E-state index contributed by atoms with van der Waals surface area (Å²) in [6, 6.07) is 8.98. The maximum absolute atomic E-state index is 13.3. The third-order valence-electron chi connectivity index (χ3n) is 6.65. The molecule has 13 nitrogen and oxygen atoms in total. The van der Waals surface area contributed by atoms with Crippen LogP contribution in [0.15, 0.2) is 42.7 Å². The number of carbonyl (C=O) groups excluding carboxylic acids is 4. The van der Waals surface area contributed by atoms with Gasteiger partial charge in [-0.1, -0.05) is 31.4 Å². The minimum atomic E-state index is -0.802. The highest BCUT2D eigenvalue weighted by Gasteiger charge is 2.25. The Kier molecular flexibility index (Phi) is 9.85. The fourth-order valence-electron chi connectivity index (χ4n) is 4.58. The zero-order valence-electron chi connectivity index (χ0n) is 22.6. The van der Waals surface area contributed by atoms with E-state index in [1.807, 2.05) is 6.92 Å².